The van der Waals surface area contributed by atoms with Crippen LogP contribution in [0.15, 0.2) is 15.6 Å². The van der Waals surface area contributed by atoms with Gasteiger partial charge in [-0.2, -0.15) is 0 Å². The number of imide groups is 1. The Bertz CT molecular complexity index is 635. The molecule has 2 N–H and O–H groups in total. The van der Waals surface area contributed by atoms with Crippen LogP contribution in [0.5, 0.6) is 0 Å². The molecule has 2 rings (SSSR count). The summed E-state index contributed by atoms with van der Waals surface area (Å²) in [5.74, 6) is 1.77. The Morgan fingerprint density at radius 2 is 1.92 bits per heavy atom. The smallest absolute Gasteiger partial charge is 0.229 e. The Labute approximate surface area is 171 Å². The van der Waals surface area contributed by atoms with E-state index in [0.717, 1.165) is 5.76 Å². The largest absolute Gasteiger partial charge is 0.443 e. The van der Waals surface area contributed by atoms with Gasteiger partial charge in [0.15, 0.2) is 5.96 Å². The van der Waals surface area contributed by atoms with E-state index in [-0.39, 0.29) is 41.2 Å². The molecule has 0 unspecified atom stereocenters. The van der Waals surface area contributed by atoms with Crippen molar-refractivity contribution in [3.05, 3.63) is 17.8 Å². The first kappa shape index (κ1) is 22.4. The van der Waals surface area contributed by atoms with Gasteiger partial charge in [0.25, 0.3) is 0 Å². The molecule has 1 aliphatic rings. The standard InChI is InChI=1S/C17H27N5O3.HI/c1-17(2,3)12-10-20-13(25-12)11-21-16(18-4)19-8-9-22-14(23)6-5-7-15(22)24;/h10H,5-9,11H2,1-4H3,(H2,18,19,21);1H. The van der Waals surface area contributed by atoms with Crippen LogP contribution >= 0.6 is 24.0 Å². The quantitative estimate of drug-likeness (QED) is 0.291. The van der Waals surface area contributed by atoms with Crippen LogP contribution in [-0.4, -0.2) is 47.8 Å². The molecular weight excluding hydrogens is 449 g/mol. The van der Waals surface area contributed by atoms with Crippen LogP contribution in [-0.2, 0) is 21.5 Å². The van der Waals surface area contributed by atoms with Crippen molar-refractivity contribution in [2.75, 3.05) is 20.1 Å². The van der Waals surface area contributed by atoms with Gasteiger partial charge in [-0.3, -0.25) is 19.5 Å². The predicted octanol–water partition coefficient (Wildman–Crippen LogP) is 1.79. The van der Waals surface area contributed by atoms with Crippen LogP contribution in [0, 0.1) is 0 Å². The van der Waals surface area contributed by atoms with Gasteiger partial charge in [-0.15, -0.1) is 24.0 Å². The number of carbonyl (C=O) groups is 2. The van der Waals surface area contributed by atoms with Gasteiger partial charge in [-0.1, -0.05) is 20.8 Å². The van der Waals surface area contributed by atoms with E-state index in [1.165, 1.54) is 4.90 Å². The van der Waals surface area contributed by atoms with Gasteiger partial charge in [0.05, 0.1) is 12.7 Å². The number of hydrogen-bond donors (Lipinski definition) is 2. The number of carbonyl (C=O) groups excluding carboxylic acids is 2. The topological polar surface area (TPSA) is 99.8 Å². The van der Waals surface area contributed by atoms with Crippen molar-refractivity contribution >= 4 is 41.8 Å². The Balaban J connectivity index is 0.00000338. The number of amides is 2. The van der Waals surface area contributed by atoms with Crippen molar-refractivity contribution in [3.8, 4) is 0 Å². The molecule has 1 saturated heterocycles. The number of aromatic nitrogens is 1. The fourth-order valence-corrected chi connectivity index (χ4v) is 2.45. The number of guanidine groups is 1. The van der Waals surface area contributed by atoms with Crippen LogP contribution in [0.3, 0.4) is 0 Å². The molecular formula is C17H28IN5O3. The maximum absolute atomic E-state index is 11.8. The summed E-state index contributed by atoms with van der Waals surface area (Å²) in [5, 5.41) is 6.19. The minimum absolute atomic E-state index is 0. The second kappa shape index (κ2) is 9.89. The molecule has 0 saturated carbocycles. The molecule has 2 heterocycles. The number of oxazole rings is 1. The highest BCUT2D eigenvalue weighted by Gasteiger charge is 2.25. The fourth-order valence-electron chi connectivity index (χ4n) is 2.45. The van der Waals surface area contributed by atoms with Gasteiger partial charge in [0.2, 0.25) is 17.7 Å². The average molecular weight is 477 g/mol. The summed E-state index contributed by atoms with van der Waals surface area (Å²) in [5.41, 5.74) is -0.0846. The molecule has 0 bridgehead atoms. The minimum atomic E-state index is -0.101. The number of aliphatic imine (C=N–C) groups is 1. The van der Waals surface area contributed by atoms with Gasteiger partial charge >= 0.3 is 0 Å². The molecule has 146 valence electrons. The second-order valence-corrected chi connectivity index (χ2v) is 7.01. The van der Waals surface area contributed by atoms with Gasteiger partial charge in [-0.25, -0.2) is 4.98 Å². The molecule has 0 radical (unpaired) electrons. The van der Waals surface area contributed by atoms with Crippen molar-refractivity contribution in [2.24, 2.45) is 4.99 Å². The van der Waals surface area contributed by atoms with Crippen molar-refractivity contribution in [2.45, 2.75) is 52.0 Å². The summed E-state index contributed by atoms with van der Waals surface area (Å²) in [4.78, 5) is 33.2. The van der Waals surface area contributed by atoms with Crippen LogP contribution in [0.1, 0.15) is 51.7 Å². The normalized spacial score (nSPS) is 15.7. The molecule has 9 heteroatoms. The number of piperidine rings is 1. The summed E-state index contributed by atoms with van der Waals surface area (Å²) in [7, 11) is 1.66. The van der Waals surface area contributed by atoms with Gasteiger partial charge in [0.1, 0.15) is 5.76 Å². The molecule has 1 fully saturated rings. The molecule has 0 atom stereocenters. The molecule has 0 aromatic carbocycles. The number of nitrogens with zero attached hydrogens (tertiary/aromatic N) is 3. The van der Waals surface area contributed by atoms with E-state index in [9.17, 15) is 9.59 Å². The molecule has 2 amide bonds. The van der Waals surface area contributed by atoms with E-state index in [0.29, 0.717) is 50.7 Å². The lowest BCUT2D eigenvalue weighted by Crippen LogP contribution is -2.46. The van der Waals surface area contributed by atoms with E-state index in [4.69, 9.17) is 4.42 Å². The lowest BCUT2D eigenvalue weighted by atomic mass is 9.94. The Morgan fingerprint density at radius 3 is 2.46 bits per heavy atom. The summed E-state index contributed by atoms with van der Waals surface area (Å²) >= 11 is 0. The third-order valence-electron chi connectivity index (χ3n) is 3.93. The molecule has 1 aromatic heterocycles. The maximum atomic E-state index is 11.8. The highest BCUT2D eigenvalue weighted by Crippen LogP contribution is 2.22. The summed E-state index contributed by atoms with van der Waals surface area (Å²) < 4.78 is 5.72. The summed E-state index contributed by atoms with van der Waals surface area (Å²) in [6.45, 7) is 7.37. The highest BCUT2D eigenvalue weighted by molar-refractivity contribution is 14.0. The zero-order chi connectivity index (χ0) is 18.4. The van der Waals surface area contributed by atoms with Crippen molar-refractivity contribution in [1.29, 1.82) is 0 Å². The SMILES string of the molecule is CN=C(NCCN1C(=O)CCCC1=O)NCc1ncc(C(C)(C)C)o1.I. The molecule has 26 heavy (non-hydrogen) atoms. The van der Waals surface area contributed by atoms with E-state index in [2.05, 4.69) is 41.4 Å². The summed E-state index contributed by atoms with van der Waals surface area (Å²) in [6.07, 6.45) is 3.27. The number of halogens is 1. The lowest BCUT2D eigenvalue weighted by molar-refractivity contribution is -0.147. The monoisotopic (exact) mass is 477 g/mol. The molecule has 0 spiro atoms. The minimum Gasteiger partial charge on any atom is -0.443 e. The molecule has 8 nitrogen and oxygen atoms in total. The third-order valence-corrected chi connectivity index (χ3v) is 3.93. The number of likely N-dealkylation sites (tertiary alicyclic amines) is 1. The summed E-state index contributed by atoms with van der Waals surface area (Å²) in [6, 6.07) is 0. The zero-order valence-electron chi connectivity index (χ0n) is 15.8. The molecule has 0 aliphatic carbocycles. The van der Waals surface area contributed by atoms with Crippen LogP contribution in [0.2, 0.25) is 0 Å². The van der Waals surface area contributed by atoms with E-state index < -0.39 is 0 Å². The van der Waals surface area contributed by atoms with Gasteiger partial charge in [0, 0.05) is 38.4 Å². The first-order valence-corrected chi connectivity index (χ1v) is 8.54. The Hall–Kier alpha value is -1.65. The number of hydrogen-bond acceptors (Lipinski definition) is 5. The maximum Gasteiger partial charge on any atom is 0.229 e. The number of rotatable bonds is 5. The van der Waals surface area contributed by atoms with E-state index >= 15 is 0 Å². The van der Waals surface area contributed by atoms with Crippen LogP contribution < -0.4 is 10.6 Å². The Kier molecular flexibility index (Phi) is 8.51. The van der Waals surface area contributed by atoms with Crippen LogP contribution in [0.25, 0.3) is 0 Å². The number of nitrogens with one attached hydrogen (secondary N) is 2. The average Bonchev–Trinajstić information content (AvgIpc) is 3.02. The van der Waals surface area contributed by atoms with Crippen molar-refractivity contribution < 1.29 is 14.0 Å². The predicted molar refractivity (Wildman–Crippen MR) is 109 cm³/mol. The molecule has 1 aliphatic heterocycles. The first-order chi connectivity index (χ1) is 11.8. The molecule has 1 aromatic rings. The highest BCUT2D eigenvalue weighted by atomic mass is 127. The zero-order valence-corrected chi connectivity index (χ0v) is 18.1. The van der Waals surface area contributed by atoms with Crippen molar-refractivity contribution in [1.82, 2.24) is 20.5 Å². The lowest BCUT2D eigenvalue weighted by Gasteiger charge is -2.25. The van der Waals surface area contributed by atoms with Crippen molar-refractivity contribution in [3.63, 3.8) is 0 Å². The second-order valence-electron chi connectivity index (χ2n) is 7.01. The van der Waals surface area contributed by atoms with E-state index in [1.807, 2.05) is 0 Å². The Morgan fingerprint density at radius 1 is 1.27 bits per heavy atom. The van der Waals surface area contributed by atoms with Gasteiger partial charge < -0.3 is 15.1 Å². The first-order valence-electron chi connectivity index (χ1n) is 8.54. The van der Waals surface area contributed by atoms with Crippen LogP contribution in [0.4, 0.5) is 0 Å². The third kappa shape index (κ3) is 6.26. The fraction of sp³-hybridized carbons (Fsp3) is 0.647. The van der Waals surface area contributed by atoms with Gasteiger partial charge in [-0.05, 0) is 6.42 Å². The van der Waals surface area contributed by atoms with E-state index in [1.54, 1.807) is 13.2 Å².